The molecule has 2 rings (SSSR count). The van der Waals surface area contributed by atoms with Crippen LogP contribution in [0.25, 0.3) is 0 Å². The lowest BCUT2D eigenvalue weighted by molar-refractivity contribution is 0.660. The second-order valence-electron chi connectivity index (χ2n) is 3.29. The summed E-state index contributed by atoms with van der Waals surface area (Å²) in [6.45, 7) is 1.78. The van der Waals surface area contributed by atoms with E-state index in [2.05, 4.69) is 20.3 Å². The Bertz CT molecular complexity index is 429. The van der Waals surface area contributed by atoms with Crippen LogP contribution in [-0.2, 0) is 6.54 Å². The van der Waals surface area contributed by atoms with Gasteiger partial charge in [0.1, 0.15) is 5.82 Å². The van der Waals surface area contributed by atoms with E-state index in [1.165, 1.54) is 0 Å². The van der Waals surface area contributed by atoms with Crippen LogP contribution < -0.4 is 5.32 Å². The minimum absolute atomic E-state index is 0.264. The van der Waals surface area contributed by atoms with Crippen LogP contribution in [0.15, 0.2) is 31.0 Å². The molecule has 0 amide bonds. The van der Waals surface area contributed by atoms with Gasteiger partial charge in [-0.3, -0.25) is 0 Å². The van der Waals surface area contributed by atoms with Gasteiger partial charge in [-0.1, -0.05) is 0 Å². The Morgan fingerprint density at radius 3 is 3.06 bits per heavy atom. The molecule has 84 valence electrons. The van der Waals surface area contributed by atoms with Crippen molar-refractivity contribution < 1.29 is 0 Å². The third-order valence-corrected chi connectivity index (χ3v) is 2.27. The van der Waals surface area contributed by atoms with E-state index < -0.39 is 0 Å². The summed E-state index contributed by atoms with van der Waals surface area (Å²) in [5, 5.41) is 3.44. The van der Waals surface area contributed by atoms with Gasteiger partial charge in [-0.2, -0.15) is 0 Å². The summed E-state index contributed by atoms with van der Waals surface area (Å²) in [5.74, 6) is 0.755. The van der Waals surface area contributed by atoms with Crippen molar-refractivity contribution in [3.63, 3.8) is 0 Å². The van der Waals surface area contributed by atoms with Crippen molar-refractivity contribution in [3.05, 3.63) is 36.3 Å². The molecule has 0 bridgehead atoms. The lowest BCUT2D eigenvalue weighted by Crippen LogP contribution is -2.07. The highest BCUT2D eigenvalue weighted by Crippen LogP contribution is 2.05. The molecule has 1 N–H and O–H groups in total. The molecule has 0 atom stereocenters. The average molecular weight is 238 g/mol. The number of nitrogens with one attached hydrogen (secondary N) is 1. The molecule has 0 spiro atoms. The van der Waals surface area contributed by atoms with Crippen molar-refractivity contribution in [3.8, 4) is 0 Å². The van der Waals surface area contributed by atoms with Crippen LogP contribution in [-0.4, -0.2) is 26.1 Å². The molecule has 2 heterocycles. The summed E-state index contributed by atoms with van der Waals surface area (Å²) >= 11 is 5.66. The Labute approximate surface area is 98.5 Å². The van der Waals surface area contributed by atoms with Gasteiger partial charge in [-0.05, 0) is 24.1 Å². The molecule has 5 nitrogen and oxygen atoms in total. The SMILES string of the molecule is Clc1nccc(NCCCn2ccnc2)n1. The minimum Gasteiger partial charge on any atom is -0.370 e. The number of aryl methyl sites for hydroxylation is 1. The van der Waals surface area contributed by atoms with Gasteiger partial charge in [-0.15, -0.1) is 0 Å². The molecule has 0 aliphatic heterocycles. The number of hydrogen-bond donors (Lipinski definition) is 1. The number of anilines is 1. The Morgan fingerprint density at radius 1 is 1.38 bits per heavy atom. The highest BCUT2D eigenvalue weighted by atomic mass is 35.5. The van der Waals surface area contributed by atoms with Gasteiger partial charge in [0.15, 0.2) is 0 Å². The first-order valence-corrected chi connectivity index (χ1v) is 5.40. The Balaban J connectivity index is 1.72. The predicted molar refractivity (Wildman–Crippen MR) is 62.4 cm³/mol. The largest absolute Gasteiger partial charge is 0.370 e. The molecule has 16 heavy (non-hydrogen) atoms. The lowest BCUT2D eigenvalue weighted by Gasteiger charge is -2.05. The molecule has 0 unspecified atom stereocenters. The van der Waals surface area contributed by atoms with E-state index in [4.69, 9.17) is 11.6 Å². The first kappa shape index (κ1) is 10.9. The molecule has 2 aromatic heterocycles. The number of halogens is 1. The monoisotopic (exact) mass is 237 g/mol. The van der Waals surface area contributed by atoms with Gasteiger partial charge in [0.05, 0.1) is 6.33 Å². The summed E-state index contributed by atoms with van der Waals surface area (Å²) < 4.78 is 2.04. The molecular weight excluding hydrogens is 226 g/mol. The Hall–Kier alpha value is -1.62. The molecule has 0 radical (unpaired) electrons. The summed E-state index contributed by atoms with van der Waals surface area (Å²) in [5.41, 5.74) is 0. The van der Waals surface area contributed by atoms with Crippen molar-refractivity contribution >= 4 is 17.4 Å². The van der Waals surface area contributed by atoms with Gasteiger partial charge in [0.2, 0.25) is 5.28 Å². The van der Waals surface area contributed by atoms with Crippen molar-refractivity contribution in [2.24, 2.45) is 0 Å². The smallest absolute Gasteiger partial charge is 0.224 e. The maximum absolute atomic E-state index is 5.66. The average Bonchev–Trinajstić information content (AvgIpc) is 2.77. The van der Waals surface area contributed by atoms with E-state index in [1.807, 2.05) is 17.1 Å². The predicted octanol–water partition coefficient (Wildman–Crippen LogP) is 1.83. The molecule has 2 aromatic rings. The van der Waals surface area contributed by atoms with Gasteiger partial charge in [0.25, 0.3) is 0 Å². The first-order chi connectivity index (χ1) is 7.84. The summed E-state index contributed by atoms with van der Waals surface area (Å²) in [6.07, 6.45) is 8.16. The van der Waals surface area contributed by atoms with Crippen LogP contribution in [0.4, 0.5) is 5.82 Å². The lowest BCUT2D eigenvalue weighted by atomic mass is 10.4. The zero-order chi connectivity index (χ0) is 11.2. The molecule has 0 saturated carbocycles. The van der Waals surface area contributed by atoms with Crippen LogP contribution in [0.3, 0.4) is 0 Å². The van der Waals surface area contributed by atoms with E-state index in [-0.39, 0.29) is 5.28 Å². The number of rotatable bonds is 5. The second kappa shape index (κ2) is 5.46. The summed E-state index contributed by atoms with van der Waals surface area (Å²) in [7, 11) is 0. The van der Waals surface area contributed by atoms with Crippen molar-refractivity contribution in [2.75, 3.05) is 11.9 Å². The maximum Gasteiger partial charge on any atom is 0.224 e. The molecule has 0 aliphatic carbocycles. The van der Waals surface area contributed by atoms with Crippen LogP contribution in [0.2, 0.25) is 5.28 Å². The standard InChI is InChI=1S/C10H12ClN5/c11-10-14-4-2-9(15-10)13-3-1-6-16-7-5-12-8-16/h2,4-5,7-8H,1,3,6H2,(H,13,14,15). The van der Waals surface area contributed by atoms with Crippen molar-refractivity contribution in [2.45, 2.75) is 13.0 Å². The van der Waals surface area contributed by atoms with E-state index in [1.54, 1.807) is 18.5 Å². The molecule has 0 fully saturated rings. The quantitative estimate of drug-likeness (QED) is 0.637. The Morgan fingerprint density at radius 2 is 2.31 bits per heavy atom. The number of nitrogens with zero attached hydrogens (tertiary/aromatic N) is 4. The molecule has 0 aliphatic rings. The fraction of sp³-hybridized carbons (Fsp3) is 0.300. The number of imidazole rings is 1. The third kappa shape index (κ3) is 3.20. The van der Waals surface area contributed by atoms with Crippen LogP contribution in [0.1, 0.15) is 6.42 Å². The fourth-order valence-electron chi connectivity index (χ4n) is 1.33. The van der Waals surface area contributed by atoms with Crippen LogP contribution in [0.5, 0.6) is 0 Å². The normalized spacial score (nSPS) is 10.3. The maximum atomic E-state index is 5.66. The second-order valence-corrected chi connectivity index (χ2v) is 3.63. The van der Waals surface area contributed by atoms with Crippen molar-refractivity contribution in [1.29, 1.82) is 0 Å². The third-order valence-electron chi connectivity index (χ3n) is 2.08. The minimum atomic E-state index is 0.264. The zero-order valence-corrected chi connectivity index (χ0v) is 9.43. The molecule has 0 saturated heterocycles. The van der Waals surface area contributed by atoms with Crippen LogP contribution in [0, 0.1) is 0 Å². The molecule has 0 aromatic carbocycles. The zero-order valence-electron chi connectivity index (χ0n) is 8.67. The van der Waals surface area contributed by atoms with Gasteiger partial charge in [-0.25, -0.2) is 15.0 Å². The first-order valence-electron chi connectivity index (χ1n) is 5.03. The van der Waals surface area contributed by atoms with E-state index >= 15 is 0 Å². The highest BCUT2D eigenvalue weighted by molar-refractivity contribution is 6.28. The Kier molecular flexibility index (Phi) is 3.71. The number of hydrogen-bond acceptors (Lipinski definition) is 4. The fourth-order valence-corrected chi connectivity index (χ4v) is 1.48. The van der Waals surface area contributed by atoms with Crippen molar-refractivity contribution in [1.82, 2.24) is 19.5 Å². The van der Waals surface area contributed by atoms with Gasteiger partial charge in [0, 0.05) is 31.7 Å². The van der Waals surface area contributed by atoms with Gasteiger partial charge < -0.3 is 9.88 Å². The van der Waals surface area contributed by atoms with E-state index in [0.717, 1.165) is 25.3 Å². The summed E-state index contributed by atoms with van der Waals surface area (Å²) in [4.78, 5) is 11.8. The topological polar surface area (TPSA) is 55.6 Å². The van der Waals surface area contributed by atoms with Crippen LogP contribution >= 0.6 is 11.6 Å². The molecule has 6 heteroatoms. The van der Waals surface area contributed by atoms with E-state index in [0.29, 0.717) is 0 Å². The van der Waals surface area contributed by atoms with E-state index in [9.17, 15) is 0 Å². The highest BCUT2D eigenvalue weighted by Gasteiger charge is 1.95. The number of aromatic nitrogens is 4. The summed E-state index contributed by atoms with van der Waals surface area (Å²) in [6, 6.07) is 1.79. The molecular formula is C10H12ClN5. The van der Waals surface area contributed by atoms with Gasteiger partial charge >= 0.3 is 0 Å².